The Labute approximate surface area is 103 Å². The summed E-state index contributed by atoms with van der Waals surface area (Å²) in [6.07, 6.45) is 0. The number of hydrogen-bond acceptors (Lipinski definition) is 6. The minimum absolute atomic E-state index is 0.155. The average Bonchev–Trinajstić information content (AvgIpc) is 2.38. The fourth-order valence-electron chi connectivity index (χ4n) is 1.25. The number of oxime groups is 1. The number of rotatable bonds is 6. The Morgan fingerprint density at radius 1 is 1.56 bits per heavy atom. The van der Waals surface area contributed by atoms with E-state index in [-0.39, 0.29) is 29.4 Å². The van der Waals surface area contributed by atoms with Crippen molar-refractivity contribution in [2.45, 2.75) is 0 Å². The van der Waals surface area contributed by atoms with Crippen LogP contribution in [0, 0.1) is 10.1 Å². The molecular weight excluding hydrogens is 242 g/mol. The van der Waals surface area contributed by atoms with E-state index in [1.54, 1.807) is 0 Å². The molecule has 0 bridgehead atoms. The van der Waals surface area contributed by atoms with Crippen molar-refractivity contribution in [1.29, 1.82) is 0 Å². The molecule has 0 aliphatic heterocycles. The number of nitro groups is 1. The highest BCUT2D eigenvalue weighted by Crippen LogP contribution is 2.24. The van der Waals surface area contributed by atoms with Gasteiger partial charge in [0, 0.05) is 19.2 Å². The summed E-state index contributed by atoms with van der Waals surface area (Å²) in [4.78, 5) is 10.1. The van der Waals surface area contributed by atoms with E-state index in [4.69, 9.17) is 20.4 Å². The predicted molar refractivity (Wildman–Crippen MR) is 63.0 cm³/mol. The lowest BCUT2D eigenvalue weighted by Crippen LogP contribution is -2.16. The van der Waals surface area contributed by atoms with Crippen LogP contribution in [-0.4, -0.2) is 36.3 Å². The van der Waals surface area contributed by atoms with E-state index in [1.165, 1.54) is 25.3 Å². The van der Waals surface area contributed by atoms with Gasteiger partial charge in [-0.3, -0.25) is 10.1 Å². The molecule has 1 aromatic rings. The Bertz CT molecular complexity index is 461. The van der Waals surface area contributed by atoms with Gasteiger partial charge in [-0.15, -0.1) is 0 Å². The van der Waals surface area contributed by atoms with E-state index in [0.29, 0.717) is 6.61 Å². The largest absolute Gasteiger partial charge is 0.490 e. The normalized spacial score (nSPS) is 11.3. The van der Waals surface area contributed by atoms with Crippen LogP contribution in [0.2, 0.25) is 0 Å². The lowest BCUT2D eigenvalue weighted by molar-refractivity contribution is -0.384. The SMILES string of the molecule is COCCOc1ccc([N+](=O)[O-])cc1C(N)=NO. The smallest absolute Gasteiger partial charge is 0.270 e. The Balaban J connectivity index is 3.05. The molecule has 98 valence electrons. The Morgan fingerprint density at radius 3 is 2.83 bits per heavy atom. The van der Waals surface area contributed by atoms with Crippen LogP contribution in [0.4, 0.5) is 5.69 Å². The average molecular weight is 255 g/mol. The topological polar surface area (TPSA) is 120 Å². The molecule has 0 radical (unpaired) electrons. The molecule has 8 nitrogen and oxygen atoms in total. The number of nitrogens with two attached hydrogens (primary N) is 1. The first-order chi connectivity index (χ1) is 8.60. The minimum atomic E-state index is -0.576. The first kappa shape index (κ1) is 13.7. The molecule has 0 atom stereocenters. The van der Waals surface area contributed by atoms with Crippen molar-refractivity contribution in [3.05, 3.63) is 33.9 Å². The first-order valence-electron chi connectivity index (χ1n) is 4.98. The molecule has 0 fully saturated rings. The Kier molecular flexibility index (Phi) is 4.88. The van der Waals surface area contributed by atoms with Crippen LogP contribution in [-0.2, 0) is 4.74 Å². The zero-order valence-corrected chi connectivity index (χ0v) is 9.70. The van der Waals surface area contributed by atoms with Crippen LogP contribution < -0.4 is 10.5 Å². The maximum Gasteiger partial charge on any atom is 0.270 e. The van der Waals surface area contributed by atoms with Crippen molar-refractivity contribution >= 4 is 11.5 Å². The zero-order chi connectivity index (χ0) is 13.5. The van der Waals surface area contributed by atoms with Crippen molar-refractivity contribution < 1.29 is 19.6 Å². The Hall–Kier alpha value is -2.35. The van der Waals surface area contributed by atoms with E-state index in [2.05, 4.69) is 5.16 Å². The molecular formula is C10H13N3O5. The highest BCUT2D eigenvalue weighted by molar-refractivity contribution is 6.00. The third-order valence-electron chi connectivity index (χ3n) is 2.10. The van der Waals surface area contributed by atoms with Gasteiger partial charge in [-0.1, -0.05) is 5.16 Å². The third kappa shape index (κ3) is 3.32. The number of ether oxygens (including phenoxy) is 2. The van der Waals surface area contributed by atoms with E-state index in [9.17, 15) is 10.1 Å². The summed E-state index contributed by atoms with van der Waals surface area (Å²) < 4.78 is 10.1. The summed E-state index contributed by atoms with van der Waals surface area (Å²) in [5.41, 5.74) is 5.42. The maximum absolute atomic E-state index is 10.6. The molecule has 0 aromatic heterocycles. The summed E-state index contributed by atoms with van der Waals surface area (Å²) in [5.74, 6) is 0.0269. The van der Waals surface area contributed by atoms with Crippen LogP contribution in [0.1, 0.15) is 5.56 Å². The number of nitrogens with zero attached hydrogens (tertiary/aromatic N) is 2. The molecule has 3 N–H and O–H groups in total. The quantitative estimate of drug-likeness (QED) is 0.193. The number of non-ortho nitro benzene ring substituents is 1. The van der Waals surface area contributed by atoms with Crippen molar-refractivity contribution in [3.63, 3.8) is 0 Å². The van der Waals surface area contributed by atoms with Gasteiger partial charge in [0.25, 0.3) is 5.69 Å². The third-order valence-corrected chi connectivity index (χ3v) is 2.10. The van der Waals surface area contributed by atoms with Crippen LogP contribution in [0.25, 0.3) is 0 Å². The van der Waals surface area contributed by atoms with Gasteiger partial charge in [-0.2, -0.15) is 0 Å². The molecule has 8 heteroatoms. The van der Waals surface area contributed by atoms with Gasteiger partial charge in [0.15, 0.2) is 5.84 Å². The molecule has 0 aliphatic rings. The number of hydrogen-bond donors (Lipinski definition) is 2. The van der Waals surface area contributed by atoms with E-state index >= 15 is 0 Å². The molecule has 0 amide bonds. The standard InChI is InChI=1S/C10H13N3O5/c1-17-4-5-18-9-3-2-7(13(15)16)6-8(9)10(11)12-14/h2-3,6,14H,4-5H2,1H3,(H2,11,12). The lowest BCUT2D eigenvalue weighted by Gasteiger charge is -2.09. The van der Waals surface area contributed by atoms with Crippen LogP contribution >= 0.6 is 0 Å². The lowest BCUT2D eigenvalue weighted by atomic mass is 10.1. The number of methoxy groups -OCH3 is 1. The second kappa shape index (κ2) is 6.40. The first-order valence-corrected chi connectivity index (χ1v) is 4.98. The number of benzene rings is 1. The molecule has 18 heavy (non-hydrogen) atoms. The molecule has 1 aromatic carbocycles. The fourth-order valence-corrected chi connectivity index (χ4v) is 1.25. The van der Waals surface area contributed by atoms with Gasteiger partial charge in [0.05, 0.1) is 17.1 Å². The van der Waals surface area contributed by atoms with E-state index in [0.717, 1.165) is 0 Å². The monoisotopic (exact) mass is 255 g/mol. The second-order valence-electron chi connectivity index (χ2n) is 3.26. The van der Waals surface area contributed by atoms with E-state index in [1.807, 2.05) is 0 Å². The highest BCUT2D eigenvalue weighted by Gasteiger charge is 2.14. The van der Waals surface area contributed by atoms with Crippen molar-refractivity contribution in [2.24, 2.45) is 10.9 Å². The highest BCUT2D eigenvalue weighted by atomic mass is 16.6. The predicted octanol–water partition coefficient (Wildman–Crippen LogP) is 0.715. The van der Waals surface area contributed by atoms with Gasteiger partial charge in [0.2, 0.25) is 0 Å². The summed E-state index contributed by atoms with van der Waals surface area (Å²) in [5, 5.41) is 22.1. The van der Waals surface area contributed by atoms with Gasteiger partial charge in [-0.25, -0.2) is 0 Å². The van der Waals surface area contributed by atoms with Crippen molar-refractivity contribution in [3.8, 4) is 5.75 Å². The second-order valence-corrected chi connectivity index (χ2v) is 3.26. The number of amidine groups is 1. The van der Waals surface area contributed by atoms with Crippen molar-refractivity contribution in [1.82, 2.24) is 0 Å². The Morgan fingerprint density at radius 2 is 2.28 bits per heavy atom. The summed E-state index contributed by atoms with van der Waals surface area (Å²) in [6.45, 7) is 0.604. The van der Waals surface area contributed by atoms with E-state index < -0.39 is 4.92 Å². The molecule has 0 saturated heterocycles. The molecule has 0 saturated carbocycles. The molecule has 0 aliphatic carbocycles. The minimum Gasteiger partial charge on any atom is -0.490 e. The van der Waals surface area contributed by atoms with Crippen LogP contribution in [0.15, 0.2) is 23.4 Å². The summed E-state index contributed by atoms with van der Waals surface area (Å²) in [6, 6.07) is 3.84. The van der Waals surface area contributed by atoms with Gasteiger partial charge < -0.3 is 20.4 Å². The van der Waals surface area contributed by atoms with Crippen LogP contribution in [0.5, 0.6) is 5.75 Å². The maximum atomic E-state index is 10.6. The molecule has 0 heterocycles. The number of nitro benzene ring substituents is 1. The summed E-state index contributed by atoms with van der Waals surface area (Å²) >= 11 is 0. The zero-order valence-electron chi connectivity index (χ0n) is 9.70. The van der Waals surface area contributed by atoms with Crippen LogP contribution in [0.3, 0.4) is 0 Å². The molecule has 0 spiro atoms. The fraction of sp³-hybridized carbons (Fsp3) is 0.300. The van der Waals surface area contributed by atoms with Gasteiger partial charge in [0.1, 0.15) is 12.4 Å². The van der Waals surface area contributed by atoms with Crippen molar-refractivity contribution in [2.75, 3.05) is 20.3 Å². The molecule has 0 unspecified atom stereocenters. The van der Waals surface area contributed by atoms with Gasteiger partial charge >= 0.3 is 0 Å². The van der Waals surface area contributed by atoms with Gasteiger partial charge in [-0.05, 0) is 6.07 Å². The summed E-state index contributed by atoms with van der Waals surface area (Å²) in [7, 11) is 1.52. The molecule has 1 rings (SSSR count).